The zero-order valence-corrected chi connectivity index (χ0v) is 13.2. The molecule has 4 unspecified atom stereocenters. The molecule has 19 heavy (non-hydrogen) atoms. The van der Waals surface area contributed by atoms with Gasteiger partial charge in [-0.2, -0.15) is 0 Å². The monoisotopic (exact) mass is 268 g/mol. The summed E-state index contributed by atoms with van der Waals surface area (Å²) in [4.78, 5) is 2.72. The molecule has 3 nitrogen and oxygen atoms in total. The van der Waals surface area contributed by atoms with E-state index in [9.17, 15) is 0 Å². The van der Waals surface area contributed by atoms with Crippen molar-refractivity contribution in [3.05, 3.63) is 0 Å². The van der Waals surface area contributed by atoms with Gasteiger partial charge in [-0.25, -0.2) is 0 Å². The minimum Gasteiger partial charge on any atom is -0.380 e. The van der Waals surface area contributed by atoms with Gasteiger partial charge in [0, 0.05) is 30.8 Å². The van der Waals surface area contributed by atoms with Crippen molar-refractivity contribution in [2.75, 3.05) is 26.3 Å². The van der Waals surface area contributed by atoms with Crippen LogP contribution in [0.2, 0.25) is 0 Å². The molecule has 112 valence electrons. The summed E-state index contributed by atoms with van der Waals surface area (Å²) >= 11 is 0. The SMILES string of the molecule is CCCNC1CCN(C2(C)CCCOC2)C(C)C1C. The van der Waals surface area contributed by atoms with Crippen LogP contribution in [0.1, 0.15) is 53.4 Å². The molecule has 0 saturated carbocycles. The Morgan fingerprint density at radius 2 is 2.16 bits per heavy atom. The zero-order chi connectivity index (χ0) is 13.9. The molecule has 4 atom stereocenters. The highest BCUT2D eigenvalue weighted by Crippen LogP contribution is 2.34. The first-order valence-electron chi connectivity index (χ1n) is 8.16. The van der Waals surface area contributed by atoms with E-state index in [0.717, 1.165) is 25.7 Å². The first kappa shape index (κ1) is 15.3. The Morgan fingerprint density at radius 1 is 1.37 bits per heavy atom. The molecule has 0 radical (unpaired) electrons. The van der Waals surface area contributed by atoms with Gasteiger partial charge in [-0.3, -0.25) is 4.90 Å². The summed E-state index contributed by atoms with van der Waals surface area (Å²) in [7, 11) is 0. The van der Waals surface area contributed by atoms with Gasteiger partial charge in [0.05, 0.1) is 6.61 Å². The highest BCUT2D eigenvalue weighted by molar-refractivity contribution is 4.98. The molecule has 2 aliphatic rings. The van der Waals surface area contributed by atoms with Gasteiger partial charge >= 0.3 is 0 Å². The Labute approximate surface area is 119 Å². The minimum atomic E-state index is 0.266. The lowest BCUT2D eigenvalue weighted by molar-refractivity contribution is -0.0810. The topological polar surface area (TPSA) is 24.5 Å². The molecule has 0 aromatic heterocycles. The van der Waals surface area contributed by atoms with Gasteiger partial charge in [0.25, 0.3) is 0 Å². The molecule has 0 spiro atoms. The van der Waals surface area contributed by atoms with Crippen molar-refractivity contribution in [1.82, 2.24) is 10.2 Å². The van der Waals surface area contributed by atoms with Crippen LogP contribution in [-0.2, 0) is 4.74 Å². The highest BCUT2D eigenvalue weighted by atomic mass is 16.5. The average molecular weight is 268 g/mol. The van der Waals surface area contributed by atoms with Crippen LogP contribution in [0.4, 0.5) is 0 Å². The summed E-state index contributed by atoms with van der Waals surface area (Å²) in [6.07, 6.45) is 5.01. The van der Waals surface area contributed by atoms with E-state index in [2.05, 4.69) is 37.9 Å². The van der Waals surface area contributed by atoms with Crippen LogP contribution in [0.5, 0.6) is 0 Å². The number of hydrogen-bond acceptors (Lipinski definition) is 3. The fraction of sp³-hybridized carbons (Fsp3) is 1.00. The minimum absolute atomic E-state index is 0.266. The quantitative estimate of drug-likeness (QED) is 0.848. The average Bonchev–Trinajstić information content (AvgIpc) is 2.41. The number of ether oxygens (including phenoxy) is 1. The van der Waals surface area contributed by atoms with E-state index in [1.807, 2.05) is 0 Å². The van der Waals surface area contributed by atoms with E-state index in [1.165, 1.54) is 32.2 Å². The first-order chi connectivity index (χ1) is 9.08. The van der Waals surface area contributed by atoms with Gasteiger partial charge in [0.1, 0.15) is 0 Å². The number of likely N-dealkylation sites (tertiary alicyclic amines) is 1. The van der Waals surface area contributed by atoms with Crippen LogP contribution in [0.3, 0.4) is 0 Å². The molecular weight excluding hydrogens is 236 g/mol. The van der Waals surface area contributed by atoms with Crippen LogP contribution >= 0.6 is 0 Å². The normalized spacial score (nSPS) is 41.4. The fourth-order valence-corrected chi connectivity index (χ4v) is 3.89. The molecule has 0 aliphatic carbocycles. The van der Waals surface area contributed by atoms with E-state index in [4.69, 9.17) is 4.74 Å². The van der Waals surface area contributed by atoms with Crippen molar-refractivity contribution in [3.8, 4) is 0 Å². The number of rotatable bonds is 4. The predicted molar refractivity (Wildman–Crippen MR) is 80.5 cm³/mol. The second-order valence-corrected chi connectivity index (χ2v) is 6.80. The van der Waals surface area contributed by atoms with Gasteiger partial charge in [-0.1, -0.05) is 13.8 Å². The molecule has 1 N–H and O–H groups in total. The molecule has 0 aromatic carbocycles. The number of nitrogens with zero attached hydrogens (tertiary/aromatic N) is 1. The van der Waals surface area contributed by atoms with E-state index >= 15 is 0 Å². The molecule has 2 aliphatic heterocycles. The lowest BCUT2D eigenvalue weighted by Gasteiger charge is -2.52. The summed E-state index contributed by atoms with van der Waals surface area (Å²) in [6, 6.07) is 1.34. The molecule has 2 fully saturated rings. The van der Waals surface area contributed by atoms with Crippen molar-refractivity contribution in [2.45, 2.75) is 71.0 Å². The van der Waals surface area contributed by atoms with Crippen LogP contribution < -0.4 is 5.32 Å². The third kappa shape index (κ3) is 3.32. The number of nitrogens with one attached hydrogen (secondary N) is 1. The van der Waals surface area contributed by atoms with Crippen molar-refractivity contribution >= 4 is 0 Å². The number of hydrogen-bond donors (Lipinski definition) is 1. The van der Waals surface area contributed by atoms with Gasteiger partial charge in [-0.15, -0.1) is 0 Å². The van der Waals surface area contributed by atoms with E-state index in [0.29, 0.717) is 12.1 Å². The van der Waals surface area contributed by atoms with E-state index < -0.39 is 0 Å². The zero-order valence-electron chi connectivity index (χ0n) is 13.2. The van der Waals surface area contributed by atoms with Crippen LogP contribution in [-0.4, -0.2) is 48.8 Å². The van der Waals surface area contributed by atoms with Crippen molar-refractivity contribution in [2.24, 2.45) is 5.92 Å². The molecule has 0 amide bonds. The Balaban J connectivity index is 1.97. The van der Waals surface area contributed by atoms with Gasteiger partial charge in [0.15, 0.2) is 0 Å². The molecule has 3 heteroatoms. The molecule has 2 rings (SSSR count). The van der Waals surface area contributed by atoms with Crippen molar-refractivity contribution < 1.29 is 4.74 Å². The largest absolute Gasteiger partial charge is 0.380 e. The summed E-state index contributed by atoms with van der Waals surface area (Å²) < 4.78 is 5.76. The summed E-state index contributed by atoms with van der Waals surface area (Å²) in [5, 5.41) is 3.73. The Morgan fingerprint density at radius 3 is 2.79 bits per heavy atom. The third-order valence-corrected chi connectivity index (χ3v) is 5.34. The van der Waals surface area contributed by atoms with Crippen LogP contribution in [0.15, 0.2) is 0 Å². The van der Waals surface area contributed by atoms with Gasteiger partial charge in [-0.05, 0) is 52.0 Å². The van der Waals surface area contributed by atoms with Crippen molar-refractivity contribution in [1.29, 1.82) is 0 Å². The first-order valence-corrected chi connectivity index (χ1v) is 8.16. The second-order valence-electron chi connectivity index (χ2n) is 6.80. The van der Waals surface area contributed by atoms with Gasteiger partial charge in [0.2, 0.25) is 0 Å². The maximum absolute atomic E-state index is 5.76. The van der Waals surface area contributed by atoms with Crippen LogP contribution in [0.25, 0.3) is 0 Å². The second kappa shape index (κ2) is 6.55. The lowest BCUT2D eigenvalue weighted by Crippen LogP contribution is -2.62. The lowest BCUT2D eigenvalue weighted by atomic mass is 9.81. The highest BCUT2D eigenvalue weighted by Gasteiger charge is 2.42. The van der Waals surface area contributed by atoms with E-state index in [-0.39, 0.29) is 5.54 Å². The molecule has 2 saturated heterocycles. The van der Waals surface area contributed by atoms with Crippen molar-refractivity contribution in [3.63, 3.8) is 0 Å². The fourth-order valence-electron chi connectivity index (χ4n) is 3.89. The molecule has 2 heterocycles. The maximum atomic E-state index is 5.76. The van der Waals surface area contributed by atoms with Gasteiger partial charge < -0.3 is 10.1 Å². The van der Waals surface area contributed by atoms with Crippen LogP contribution in [0, 0.1) is 5.92 Å². The Kier molecular flexibility index (Phi) is 5.27. The third-order valence-electron chi connectivity index (χ3n) is 5.34. The summed E-state index contributed by atoms with van der Waals surface area (Å²) in [5.74, 6) is 0.721. The standard InChI is InChI=1S/C16H32N2O/c1-5-9-17-15-7-10-18(14(3)13(15)2)16(4)8-6-11-19-12-16/h13-15,17H,5-12H2,1-4H3. The van der Waals surface area contributed by atoms with E-state index in [1.54, 1.807) is 0 Å². The molecular formula is C16H32N2O. The smallest absolute Gasteiger partial charge is 0.0647 e. The maximum Gasteiger partial charge on any atom is 0.0647 e. The molecule has 0 aromatic rings. The molecule has 0 bridgehead atoms. The predicted octanol–water partition coefficient (Wildman–Crippen LogP) is 2.65. The number of piperidine rings is 1. The Hall–Kier alpha value is -0.120. The Bertz CT molecular complexity index is 276. The summed E-state index contributed by atoms with van der Waals surface area (Å²) in [6.45, 7) is 13.7. The summed E-state index contributed by atoms with van der Waals surface area (Å²) in [5.41, 5.74) is 0.266.